The summed E-state index contributed by atoms with van der Waals surface area (Å²) in [6, 6.07) is 0. The van der Waals surface area contributed by atoms with Gasteiger partial charge in [0.2, 0.25) is 0 Å². The standard InChI is InChI=1S/C24H36O5/c1-5-6-12-19-17(2)23(27)20(15-24(19,3)4)29-22(26)14-13-21(25)28-16-18-10-8-7-9-11-18/h6,12,18,20H,5,7-11,13-16H2,1-4H3/b12-6+. The van der Waals surface area contributed by atoms with Crippen molar-refractivity contribution in [2.75, 3.05) is 6.61 Å². The third kappa shape index (κ3) is 6.83. The molecule has 1 fully saturated rings. The summed E-state index contributed by atoms with van der Waals surface area (Å²) in [6.07, 6.45) is 10.4. The first-order chi connectivity index (χ1) is 13.7. The molecule has 5 nitrogen and oxygen atoms in total. The predicted octanol–water partition coefficient (Wildman–Crippen LogP) is 5.08. The Hall–Kier alpha value is -1.91. The average molecular weight is 405 g/mol. The molecular weight excluding hydrogens is 368 g/mol. The summed E-state index contributed by atoms with van der Waals surface area (Å²) in [5.74, 6) is -0.583. The molecule has 0 radical (unpaired) electrons. The summed E-state index contributed by atoms with van der Waals surface area (Å²) in [6.45, 7) is 8.40. The number of hydrogen-bond acceptors (Lipinski definition) is 5. The van der Waals surface area contributed by atoms with Crippen LogP contribution in [0.5, 0.6) is 0 Å². The van der Waals surface area contributed by atoms with Crippen LogP contribution >= 0.6 is 0 Å². The molecule has 2 aliphatic rings. The Morgan fingerprint density at radius 1 is 1.10 bits per heavy atom. The van der Waals surface area contributed by atoms with Crippen LogP contribution in [0, 0.1) is 11.3 Å². The van der Waals surface area contributed by atoms with E-state index in [4.69, 9.17) is 9.47 Å². The van der Waals surface area contributed by atoms with Gasteiger partial charge >= 0.3 is 11.9 Å². The topological polar surface area (TPSA) is 69.7 Å². The second-order valence-electron chi connectivity index (χ2n) is 8.97. The molecule has 162 valence electrons. The van der Waals surface area contributed by atoms with Crippen molar-refractivity contribution in [1.29, 1.82) is 0 Å². The van der Waals surface area contributed by atoms with Crippen molar-refractivity contribution in [3.63, 3.8) is 0 Å². The summed E-state index contributed by atoms with van der Waals surface area (Å²) >= 11 is 0. The minimum absolute atomic E-state index is 0.00480. The first-order valence-electron chi connectivity index (χ1n) is 11.0. The highest BCUT2D eigenvalue weighted by atomic mass is 16.5. The van der Waals surface area contributed by atoms with E-state index in [2.05, 4.69) is 20.8 Å². The first-order valence-corrected chi connectivity index (χ1v) is 11.0. The Balaban J connectivity index is 1.82. The van der Waals surface area contributed by atoms with Gasteiger partial charge in [-0.1, -0.05) is 52.2 Å². The Morgan fingerprint density at radius 2 is 1.76 bits per heavy atom. The van der Waals surface area contributed by atoms with E-state index in [1.165, 1.54) is 19.3 Å². The van der Waals surface area contributed by atoms with Crippen LogP contribution in [0.4, 0.5) is 0 Å². The van der Waals surface area contributed by atoms with Gasteiger partial charge < -0.3 is 9.47 Å². The van der Waals surface area contributed by atoms with Gasteiger partial charge in [0.15, 0.2) is 11.9 Å². The number of ether oxygens (including phenoxy) is 2. The fraction of sp³-hybridized carbons (Fsp3) is 0.708. The molecule has 0 aliphatic heterocycles. The second-order valence-corrected chi connectivity index (χ2v) is 8.97. The zero-order valence-electron chi connectivity index (χ0n) is 18.4. The van der Waals surface area contributed by atoms with Crippen LogP contribution in [-0.2, 0) is 23.9 Å². The van der Waals surface area contributed by atoms with Gasteiger partial charge in [-0.25, -0.2) is 0 Å². The van der Waals surface area contributed by atoms with Crippen molar-refractivity contribution in [2.45, 2.75) is 91.6 Å². The number of Topliss-reactive ketones (excluding diaryl/α,β-unsaturated/α-hetero) is 1. The lowest BCUT2D eigenvalue weighted by molar-refractivity contribution is -0.158. The van der Waals surface area contributed by atoms with Crippen molar-refractivity contribution in [1.82, 2.24) is 0 Å². The number of carbonyl (C=O) groups is 3. The fourth-order valence-corrected chi connectivity index (χ4v) is 4.29. The summed E-state index contributed by atoms with van der Waals surface area (Å²) in [5, 5.41) is 0. The van der Waals surface area contributed by atoms with Gasteiger partial charge in [0, 0.05) is 6.42 Å². The van der Waals surface area contributed by atoms with Crippen molar-refractivity contribution in [3.8, 4) is 0 Å². The van der Waals surface area contributed by atoms with Crippen molar-refractivity contribution >= 4 is 17.7 Å². The Morgan fingerprint density at radius 3 is 2.41 bits per heavy atom. The molecule has 0 heterocycles. The van der Waals surface area contributed by atoms with Crippen LogP contribution in [0.3, 0.4) is 0 Å². The molecule has 0 amide bonds. The molecule has 0 bridgehead atoms. The highest BCUT2D eigenvalue weighted by molar-refractivity contribution is 6.01. The van der Waals surface area contributed by atoms with Crippen LogP contribution in [0.25, 0.3) is 0 Å². The van der Waals surface area contributed by atoms with Gasteiger partial charge in [-0.05, 0) is 48.7 Å². The van der Waals surface area contributed by atoms with Crippen LogP contribution in [0.2, 0.25) is 0 Å². The van der Waals surface area contributed by atoms with E-state index in [0.717, 1.165) is 24.8 Å². The highest BCUT2D eigenvalue weighted by Crippen LogP contribution is 2.40. The smallest absolute Gasteiger partial charge is 0.307 e. The molecule has 1 unspecified atom stereocenters. The van der Waals surface area contributed by atoms with E-state index >= 15 is 0 Å². The third-order valence-electron chi connectivity index (χ3n) is 6.02. The summed E-state index contributed by atoms with van der Waals surface area (Å²) in [5.41, 5.74) is 1.40. The zero-order chi connectivity index (χ0) is 21.4. The Bertz CT molecular complexity index is 665. The van der Waals surface area contributed by atoms with Gasteiger partial charge in [0.25, 0.3) is 0 Å². The van der Waals surface area contributed by atoms with Crippen molar-refractivity contribution < 1.29 is 23.9 Å². The molecule has 29 heavy (non-hydrogen) atoms. The summed E-state index contributed by atoms with van der Waals surface area (Å²) in [4.78, 5) is 36.8. The quantitative estimate of drug-likeness (QED) is 0.527. The molecule has 2 rings (SSSR count). The van der Waals surface area contributed by atoms with Crippen LogP contribution < -0.4 is 0 Å². The van der Waals surface area contributed by atoms with Gasteiger partial charge in [-0.2, -0.15) is 0 Å². The summed E-state index contributed by atoms with van der Waals surface area (Å²) in [7, 11) is 0. The fourth-order valence-electron chi connectivity index (χ4n) is 4.29. The van der Waals surface area contributed by atoms with E-state index < -0.39 is 12.1 Å². The van der Waals surface area contributed by atoms with Crippen LogP contribution in [-0.4, -0.2) is 30.4 Å². The molecular formula is C24H36O5. The minimum atomic E-state index is -0.783. The Kier molecular flexibility index (Phi) is 8.66. The van der Waals surface area contributed by atoms with E-state index in [1.54, 1.807) is 6.92 Å². The second kappa shape index (κ2) is 10.7. The molecule has 2 aliphatic carbocycles. The number of rotatable bonds is 8. The molecule has 0 aromatic heterocycles. The monoisotopic (exact) mass is 404 g/mol. The van der Waals surface area contributed by atoms with Gasteiger partial charge in [0.05, 0.1) is 19.4 Å². The minimum Gasteiger partial charge on any atom is -0.465 e. The number of ketones is 1. The molecule has 0 spiro atoms. The maximum atomic E-state index is 12.7. The van der Waals surface area contributed by atoms with E-state index in [0.29, 0.717) is 24.5 Å². The maximum Gasteiger partial charge on any atom is 0.307 e. The summed E-state index contributed by atoms with van der Waals surface area (Å²) < 4.78 is 10.8. The maximum absolute atomic E-state index is 12.7. The molecule has 5 heteroatoms. The number of allylic oxidation sites excluding steroid dienone is 3. The molecule has 1 atom stereocenters. The molecule has 0 saturated heterocycles. The van der Waals surface area contributed by atoms with Gasteiger partial charge in [0.1, 0.15) is 0 Å². The van der Waals surface area contributed by atoms with Crippen LogP contribution in [0.15, 0.2) is 23.3 Å². The van der Waals surface area contributed by atoms with Crippen molar-refractivity contribution in [3.05, 3.63) is 23.3 Å². The van der Waals surface area contributed by atoms with Crippen molar-refractivity contribution in [2.24, 2.45) is 11.3 Å². The molecule has 0 N–H and O–H groups in total. The number of hydrogen-bond donors (Lipinski definition) is 0. The number of carbonyl (C=O) groups excluding carboxylic acids is 3. The molecule has 1 saturated carbocycles. The average Bonchev–Trinajstić information content (AvgIpc) is 2.69. The normalized spacial score (nSPS) is 22.8. The molecule has 0 aromatic carbocycles. The lowest BCUT2D eigenvalue weighted by Gasteiger charge is -2.36. The van der Waals surface area contributed by atoms with Gasteiger partial charge in [-0.3, -0.25) is 14.4 Å². The van der Waals surface area contributed by atoms with Crippen LogP contribution in [0.1, 0.15) is 85.5 Å². The lowest BCUT2D eigenvalue weighted by Crippen LogP contribution is -2.39. The predicted molar refractivity (Wildman–Crippen MR) is 112 cm³/mol. The Labute approximate surface area is 174 Å². The van der Waals surface area contributed by atoms with Gasteiger partial charge in [-0.15, -0.1) is 0 Å². The van der Waals surface area contributed by atoms with E-state index in [9.17, 15) is 14.4 Å². The largest absolute Gasteiger partial charge is 0.465 e. The number of esters is 2. The lowest BCUT2D eigenvalue weighted by atomic mass is 9.71. The third-order valence-corrected chi connectivity index (χ3v) is 6.02. The zero-order valence-corrected chi connectivity index (χ0v) is 18.4. The van der Waals surface area contributed by atoms with E-state index in [-0.39, 0.29) is 30.0 Å². The van der Waals surface area contributed by atoms with E-state index in [1.807, 2.05) is 12.2 Å². The molecule has 0 aromatic rings. The highest BCUT2D eigenvalue weighted by Gasteiger charge is 2.39. The SMILES string of the molecule is CC/C=C/C1=C(C)C(=O)C(OC(=O)CCC(=O)OCC2CCCCC2)CC1(C)C. The first kappa shape index (κ1) is 23.4.